The lowest BCUT2D eigenvalue weighted by Crippen LogP contribution is -2.27. The zero-order valence-corrected chi connectivity index (χ0v) is 11.2. The molecule has 0 bridgehead atoms. The zero-order chi connectivity index (χ0) is 11.7. The highest BCUT2D eigenvalue weighted by atomic mass is 35.5. The van der Waals surface area contributed by atoms with Crippen molar-refractivity contribution in [3.8, 4) is 0 Å². The molecule has 1 atom stereocenters. The summed E-state index contributed by atoms with van der Waals surface area (Å²) < 4.78 is 3.02. The van der Waals surface area contributed by atoms with Crippen molar-refractivity contribution < 1.29 is 4.79 Å². The van der Waals surface area contributed by atoms with Gasteiger partial charge < -0.3 is 10.3 Å². The quantitative estimate of drug-likeness (QED) is 0.853. The smallest absolute Gasteiger partial charge is 0.264 e. The Kier molecular flexibility index (Phi) is 4.45. The van der Waals surface area contributed by atoms with Gasteiger partial charge >= 0.3 is 0 Å². The van der Waals surface area contributed by atoms with Gasteiger partial charge in [0.2, 0.25) is 0 Å². The molecular formula is C11H14ClN3OS. The average Bonchev–Trinajstić information content (AvgIpc) is 2.56. The van der Waals surface area contributed by atoms with Crippen molar-refractivity contribution in [3.05, 3.63) is 29.1 Å². The maximum Gasteiger partial charge on any atom is 0.264 e. The minimum absolute atomic E-state index is 0. The third-order valence-corrected chi connectivity index (χ3v) is 3.42. The number of nitrogens with zero attached hydrogens (tertiary/aromatic N) is 2. The monoisotopic (exact) mass is 271 g/mol. The van der Waals surface area contributed by atoms with Gasteiger partial charge in [-0.05, 0) is 19.1 Å². The van der Waals surface area contributed by atoms with Crippen LogP contribution in [0.4, 0.5) is 0 Å². The first-order valence-corrected chi connectivity index (χ1v) is 5.80. The van der Waals surface area contributed by atoms with E-state index in [1.165, 1.54) is 11.3 Å². The van der Waals surface area contributed by atoms with Gasteiger partial charge in [0.25, 0.3) is 5.91 Å². The Hall–Kier alpha value is -1.17. The van der Waals surface area contributed by atoms with Crippen molar-refractivity contribution >= 4 is 39.9 Å². The summed E-state index contributed by atoms with van der Waals surface area (Å²) in [7, 11) is 1.89. The Balaban J connectivity index is 0.00000144. The molecule has 1 amide bonds. The molecule has 2 aromatic rings. The standard InChI is InChI=1S/C11H13N3OS.ClH/c1-7(12)10(15)13-11-14(2)8-5-3-4-6-9(8)16-11;/h3-7H,12H2,1-2H3;1H. The number of benzene rings is 1. The Bertz CT molecular complexity index is 600. The average molecular weight is 272 g/mol. The number of hydrogen-bond donors (Lipinski definition) is 1. The number of aryl methyl sites for hydroxylation is 1. The molecule has 0 saturated carbocycles. The first kappa shape index (κ1) is 13.9. The van der Waals surface area contributed by atoms with Gasteiger partial charge in [-0.15, -0.1) is 12.4 Å². The van der Waals surface area contributed by atoms with Crippen molar-refractivity contribution in [2.45, 2.75) is 13.0 Å². The minimum Gasteiger partial charge on any atom is -0.320 e. The number of hydrogen-bond acceptors (Lipinski definition) is 3. The summed E-state index contributed by atoms with van der Waals surface area (Å²) in [5, 5.41) is 0. The van der Waals surface area contributed by atoms with Gasteiger partial charge in [0.15, 0.2) is 4.80 Å². The van der Waals surface area contributed by atoms with Gasteiger partial charge in [-0.1, -0.05) is 23.5 Å². The summed E-state index contributed by atoms with van der Waals surface area (Å²) in [6.07, 6.45) is 0. The normalized spacial score (nSPS) is 13.5. The Morgan fingerprint density at radius 1 is 1.47 bits per heavy atom. The predicted molar refractivity (Wildman–Crippen MR) is 72.3 cm³/mol. The highest BCUT2D eigenvalue weighted by molar-refractivity contribution is 7.16. The van der Waals surface area contributed by atoms with Crippen LogP contribution in [0.1, 0.15) is 6.92 Å². The molecule has 4 nitrogen and oxygen atoms in total. The van der Waals surface area contributed by atoms with Crippen molar-refractivity contribution in [1.82, 2.24) is 4.57 Å². The summed E-state index contributed by atoms with van der Waals surface area (Å²) >= 11 is 1.49. The number of nitrogens with two attached hydrogens (primary N) is 1. The van der Waals surface area contributed by atoms with Crippen LogP contribution in [-0.4, -0.2) is 16.5 Å². The number of carbonyl (C=O) groups is 1. The van der Waals surface area contributed by atoms with Crippen LogP contribution in [0.2, 0.25) is 0 Å². The maximum absolute atomic E-state index is 11.4. The van der Waals surface area contributed by atoms with Crippen LogP contribution in [-0.2, 0) is 11.8 Å². The number of carbonyl (C=O) groups excluding carboxylic acids is 1. The summed E-state index contributed by atoms with van der Waals surface area (Å²) in [5.74, 6) is -0.290. The fraction of sp³-hybridized carbons (Fsp3) is 0.273. The summed E-state index contributed by atoms with van der Waals surface area (Å²) in [5.41, 5.74) is 6.55. The lowest BCUT2D eigenvalue weighted by atomic mass is 10.3. The maximum atomic E-state index is 11.4. The molecule has 0 spiro atoms. The number of para-hydroxylation sites is 1. The zero-order valence-electron chi connectivity index (χ0n) is 9.58. The fourth-order valence-corrected chi connectivity index (χ4v) is 2.41. The molecule has 1 aromatic carbocycles. The number of rotatable bonds is 1. The van der Waals surface area contributed by atoms with Crippen LogP contribution in [0.15, 0.2) is 29.3 Å². The van der Waals surface area contributed by atoms with E-state index in [0.717, 1.165) is 10.2 Å². The van der Waals surface area contributed by atoms with E-state index in [-0.39, 0.29) is 18.3 Å². The molecule has 6 heteroatoms. The molecule has 0 saturated heterocycles. The van der Waals surface area contributed by atoms with E-state index < -0.39 is 6.04 Å². The van der Waals surface area contributed by atoms with Crippen molar-refractivity contribution in [2.75, 3.05) is 0 Å². The van der Waals surface area contributed by atoms with Gasteiger partial charge in [-0.3, -0.25) is 4.79 Å². The summed E-state index contributed by atoms with van der Waals surface area (Å²) in [4.78, 5) is 16.1. The summed E-state index contributed by atoms with van der Waals surface area (Å²) in [6, 6.07) is 7.39. The van der Waals surface area contributed by atoms with E-state index in [2.05, 4.69) is 4.99 Å². The number of aromatic nitrogens is 1. The number of amides is 1. The summed E-state index contributed by atoms with van der Waals surface area (Å²) in [6.45, 7) is 1.64. The molecule has 92 valence electrons. The molecule has 0 aliphatic rings. The SMILES string of the molecule is CC(N)C(=O)N=c1sc2ccccc2n1C.Cl. The second kappa shape index (κ2) is 5.44. The molecule has 1 heterocycles. The third kappa shape index (κ3) is 2.74. The van der Waals surface area contributed by atoms with Gasteiger partial charge in [0.1, 0.15) is 0 Å². The molecule has 0 radical (unpaired) electrons. The highest BCUT2D eigenvalue weighted by Crippen LogP contribution is 2.15. The largest absolute Gasteiger partial charge is 0.320 e. The van der Waals surface area contributed by atoms with Crippen LogP contribution >= 0.6 is 23.7 Å². The second-order valence-corrected chi connectivity index (χ2v) is 4.66. The van der Waals surface area contributed by atoms with Gasteiger partial charge in [-0.2, -0.15) is 4.99 Å². The third-order valence-electron chi connectivity index (χ3n) is 2.31. The lowest BCUT2D eigenvalue weighted by Gasteiger charge is -1.97. The topological polar surface area (TPSA) is 60.4 Å². The number of halogens is 1. The molecule has 0 aliphatic carbocycles. The Morgan fingerprint density at radius 2 is 2.12 bits per heavy atom. The van der Waals surface area contributed by atoms with Gasteiger partial charge in [0, 0.05) is 7.05 Å². The molecule has 2 rings (SSSR count). The molecule has 1 unspecified atom stereocenters. The van der Waals surface area contributed by atoms with Crippen LogP contribution < -0.4 is 10.5 Å². The van der Waals surface area contributed by atoms with E-state index in [9.17, 15) is 4.79 Å². The molecular weight excluding hydrogens is 258 g/mol. The Morgan fingerprint density at radius 3 is 2.71 bits per heavy atom. The van der Waals surface area contributed by atoms with Crippen LogP contribution in [0.3, 0.4) is 0 Å². The molecule has 0 fully saturated rings. The fourth-order valence-electron chi connectivity index (χ4n) is 1.38. The lowest BCUT2D eigenvalue weighted by molar-refractivity contribution is -0.118. The van der Waals surface area contributed by atoms with Crippen molar-refractivity contribution in [2.24, 2.45) is 17.8 Å². The van der Waals surface area contributed by atoms with E-state index in [1.807, 2.05) is 35.9 Å². The van der Waals surface area contributed by atoms with Crippen LogP contribution in [0, 0.1) is 0 Å². The van der Waals surface area contributed by atoms with E-state index in [1.54, 1.807) is 6.92 Å². The van der Waals surface area contributed by atoms with Gasteiger partial charge in [0.05, 0.1) is 16.3 Å². The number of fused-ring (bicyclic) bond motifs is 1. The van der Waals surface area contributed by atoms with Crippen molar-refractivity contribution in [3.63, 3.8) is 0 Å². The molecule has 0 aliphatic heterocycles. The molecule has 17 heavy (non-hydrogen) atoms. The molecule has 1 aromatic heterocycles. The number of thiazole rings is 1. The minimum atomic E-state index is -0.551. The van der Waals surface area contributed by atoms with Crippen molar-refractivity contribution in [1.29, 1.82) is 0 Å². The first-order chi connectivity index (χ1) is 7.59. The van der Waals surface area contributed by atoms with E-state index in [4.69, 9.17) is 5.73 Å². The predicted octanol–water partition coefficient (Wildman–Crippen LogP) is 1.44. The van der Waals surface area contributed by atoms with E-state index in [0.29, 0.717) is 4.80 Å². The molecule has 2 N–H and O–H groups in total. The first-order valence-electron chi connectivity index (χ1n) is 4.98. The highest BCUT2D eigenvalue weighted by Gasteiger charge is 2.07. The van der Waals surface area contributed by atoms with E-state index >= 15 is 0 Å². The van der Waals surface area contributed by atoms with Crippen LogP contribution in [0.5, 0.6) is 0 Å². The Labute approximate surface area is 109 Å². The van der Waals surface area contributed by atoms with Crippen LogP contribution in [0.25, 0.3) is 10.2 Å². The second-order valence-electron chi connectivity index (χ2n) is 3.65. The van der Waals surface area contributed by atoms with Gasteiger partial charge in [-0.25, -0.2) is 0 Å².